The van der Waals surface area contributed by atoms with Crippen LogP contribution in [0.25, 0.3) is 0 Å². The van der Waals surface area contributed by atoms with Gasteiger partial charge in [0.2, 0.25) is 5.91 Å². The highest BCUT2D eigenvalue weighted by atomic mass is 32.2. The fraction of sp³-hybridized carbons (Fsp3) is 0.265. The van der Waals surface area contributed by atoms with Gasteiger partial charge >= 0.3 is 0 Å². The van der Waals surface area contributed by atoms with E-state index < -0.39 is 4.92 Å². The molecule has 5 rings (SSSR count). The van der Waals surface area contributed by atoms with Crippen molar-refractivity contribution in [3.63, 3.8) is 0 Å². The van der Waals surface area contributed by atoms with Crippen LogP contribution in [0.15, 0.2) is 87.6 Å². The van der Waals surface area contributed by atoms with Crippen LogP contribution in [0.4, 0.5) is 22.1 Å². The highest BCUT2D eigenvalue weighted by Gasteiger charge is 2.33. The number of nitrogens with zero attached hydrogens (tertiary/aromatic N) is 2. The summed E-state index contributed by atoms with van der Waals surface area (Å²) in [5.41, 5.74) is 3.54. The summed E-state index contributed by atoms with van der Waals surface area (Å²) in [5.74, 6) is 0.0738. The van der Waals surface area contributed by atoms with E-state index >= 15 is 0 Å². The summed E-state index contributed by atoms with van der Waals surface area (Å²) in [6.07, 6.45) is 4.28. The Morgan fingerprint density at radius 1 is 1.02 bits per heavy atom. The molecule has 44 heavy (non-hydrogen) atoms. The fourth-order valence-electron chi connectivity index (χ4n) is 5.29. The lowest BCUT2D eigenvalue weighted by atomic mass is 9.72. The average molecular weight is 627 g/mol. The number of anilines is 2. The van der Waals surface area contributed by atoms with Crippen molar-refractivity contribution in [1.29, 1.82) is 0 Å². The molecule has 0 saturated heterocycles. The zero-order valence-corrected chi connectivity index (χ0v) is 26.7. The maximum absolute atomic E-state index is 13.6. The van der Waals surface area contributed by atoms with Gasteiger partial charge in [0.05, 0.1) is 21.1 Å². The van der Waals surface area contributed by atoms with E-state index in [0.29, 0.717) is 43.2 Å². The van der Waals surface area contributed by atoms with Gasteiger partial charge in [0.1, 0.15) is 5.00 Å². The van der Waals surface area contributed by atoms with Gasteiger partial charge in [-0.05, 0) is 72.1 Å². The predicted molar refractivity (Wildman–Crippen MR) is 179 cm³/mol. The van der Waals surface area contributed by atoms with Crippen LogP contribution in [0.1, 0.15) is 60.5 Å². The van der Waals surface area contributed by atoms with Crippen LogP contribution in [-0.4, -0.2) is 23.0 Å². The smallest absolute Gasteiger partial charge is 0.283 e. The lowest BCUT2D eigenvalue weighted by Gasteiger charge is -2.33. The third-order valence-corrected chi connectivity index (χ3v) is 9.96. The van der Waals surface area contributed by atoms with Crippen LogP contribution in [0.3, 0.4) is 0 Å². The van der Waals surface area contributed by atoms with Crippen molar-refractivity contribution in [2.24, 2.45) is 16.3 Å². The Morgan fingerprint density at radius 2 is 1.75 bits per heavy atom. The lowest BCUT2D eigenvalue weighted by Crippen LogP contribution is -2.27. The molecule has 2 N–H and O–H groups in total. The van der Waals surface area contributed by atoms with Crippen LogP contribution >= 0.6 is 23.1 Å². The monoisotopic (exact) mass is 626 g/mol. The molecule has 1 aliphatic carbocycles. The summed E-state index contributed by atoms with van der Waals surface area (Å²) in [6, 6.07) is 21.5. The van der Waals surface area contributed by atoms with Crippen LogP contribution in [-0.2, 0) is 17.6 Å². The molecule has 1 aliphatic rings. The Labute approximate surface area is 265 Å². The first kappa shape index (κ1) is 31.2. The number of nitro benzene ring substituents is 1. The van der Waals surface area contributed by atoms with Crippen molar-refractivity contribution in [3.8, 4) is 0 Å². The van der Waals surface area contributed by atoms with Gasteiger partial charge < -0.3 is 10.6 Å². The number of amides is 2. The van der Waals surface area contributed by atoms with Crippen LogP contribution < -0.4 is 10.6 Å². The summed E-state index contributed by atoms with van der Waals surface area (Å²) in [4.78, 5) is 44.0. The largest absolute Gasteiger partial charge is 0.325 e. The highest BCUT2D eigenvalue weighted by Crippen LogP contribution is 2.45. The van der Waals surface area contributed by atoms with E-state index in [-0.39, 0.29) is 22.9 Å². The second kappa shape index (κ2) is 13.2. The summed E-state index contributed by atoms with van der Waals surface area (Å²) in [6.45, 7) is 8.19. The lowest BCUT2D eigenvalue weighted by molar-refractivity contribution is -0.387. The highest BCUT2D eigenvalue weighted by molar-refractivity contribution is 7.99. The quantitative estimate of drug-likeness (QED) is 0.115. The van der Waals surface area contributed by atoms with E-state index in [0.717, 1.165) is 24.8 Å². The van der Waals surface area contributed by atoms with Crippen molar-refractivity contribution < 1.29 is 14.5 Å². The molecule has 0 bridgehead atoms. The first-order chi connectivity index (χ1) is 21.0. The van der Waals surface area contributed by atoms with E-state index in [1.165, 1.54) is 41.0 Å². The van der Waals surface area contributed by atoms with Crippen molar-refractivity contribution in [3.05, 3.63) is 104 Å². The molecule has 1 heterocycles. The second-order valence-electron chi connectivity index (χ2n) is 11.8. The Morgan fingerprint density at radius 3 is 2.45 bits per heavy atom. The van der Waals surface area contributed by atoms with Gasteiger partial charge in [-0.3, -0.25) is 19.7 Å². The van der Waals surface area contributed by atoms with Gasteiger partial charge in [-0.2, -0.15) is 0 Å². The standard InChI is InChI=1S/C34H34N4O4S2/c1-21(39)36-26-12-8-9-13-28(26)43-29-17-14-22(18-27(29)38(41)42)20-35-33-31(32(40)37-24-10-6-5-7-11-24)25-16-15-23(34(2,3)4)19-30(25)44-33/h5-14,17-18,20,23H,15-16,19H2,1-4H3,(H,36,39)(H,37,40)/t23-/m1/s1. The molecule has 4 aromatic rings. The van der Waals surface area contributed by atoms with E-state index in [4.69, 9.17) is 4.99 Å². The molecule has 1 atom stereocenters. The summed E-state index contributed by atoms with van der Waals surface area (Å²) in [5, 5.41) is 18.5. The molecule has 1 aromatic heterocycles. The molecule has 0 radical (unpaired) electrons. The molecular formula is C34H34N4O4S2. The second-order valence-corrected chi connectivity index (χ2v) is 14.0. The zero-order valence-electron chi connectivity index (χ0n) is 25.0. The third kappa shape index (κ3) is 7.26. The number of carbonyl (C=O) groups is 2. The number of carbonyl (C=O) groups excluding carboxylic acids is 2. The molecule has 3 aromatic carbocycles. The number of hydrogen-bond acceptors (Lipinski definition) is 7. The Hall–Kier alpha value is -4.28. The molecule has 0 fully saturated rings. The molecule has 0 saturated carbocycles. The van der Waals surface area contributed by atoms with E-state index in [2.05, 4.69) is 31.4 Å². The molecule has 10 heteroatoms. The van der Waals surface area contributed by atoms with Gasteiger partial charge in [0, 0.05) is 34.7 Å². The average Bonchev–Trinajstić information content (AvgIpc) is 3.35. The maximum Gasteiger partial charge on any atom is 0.283 e. The van der Waals surface area contributed by atoms with E-state index in [9.17, 15) is 19.7 Å². The molecule has 0 spiro atoms. The van der Waals surface area contributed by atoms with Crippen LogP contribution in [0.2, 0.25) is 0 Å². The number of rotatable bonds is 8. The Balaban J connectivity index is 1.47. The number of nitrogens with one attached hydrogen (secondary N) is 2. The fourth-order valence-corrected chi connectivity index (χ4v) is 7.55. The molecule has 8 nitrogen and oxygen atoms in total. The van der Waals surface area contributed by atoms with Gasteiger partial charge in [0.15, 0.2) is 0 Å². The number of hydrogen-bond donors (Lipinski definition) is 2. The maximum atomic E-state index is 13.6. The Kier molecular flexibility index (Phi) is 9.31. The van der Waals surface area contributed by atoms with Crippen LogP contribution in [0, 0.1) is 21.4 Å². The molecule has 0 aliphatic heterocycles. The van der Waals surface area contributed by atoms with Gasteiger partial charge in [-0.1, -0.05) is 68.9 Å². The van der Waals surface area contributed by atoms with Gasteiger partial charge in [0.25, 0.3) is 11.6 Å². The zero-order chi connectivity index (χ0) is 31.4. The third-order valence-electron chi connectivity index (χ3n) is 7.66. The first-order valence-corrected chi connectivity index (χ1v) is 16.0. The number of aliphatic imine (C=N–C) groups is 1. The van der Waals surface area contributed by atoms with E-state index in [1.807, 2.05) is 36.4 Å². The van der Waals surface area contributed by atoms with Crippen molar-refractivity contribution in [1.82, 2.24) is 0 Å². The van der Waals surface area contributed by atoms with Crippen molar-refractivity contribution in [2.75, 3.05) is 10.6 Å². The van der Waals surface area contributed by atoms with Crippen molar-refractivity contribution >= 4 is 63.2 Å². The van der Waals surface area contributed by atoms with Gasteiger partial charge in [-0.25, -0.2) is 4.99 Å². The minimum atomic E-state index is -0.421. The summed E-state index contributed by atoms with van der Waals surface area (Å²) < 4.78 is 0. The van der Waals surface area contributed by atoms with Gasteiger partial charge in [-0.15, -0.1) is 11.3 Å². The number of para-hydroxylation sites is 2. The number of fused-ring (bicyclic) bond motifs is 1. The Bertz CT molecular complexity index is 1740. The topological polar surface area (TPSA) is 114 Å². The predicted octanol–water partition coefficient (Wildman–Crippen LogP) is 8.92. The molecule has 226 valence electrons. The van der Waals surface area contributed by atoms with E-state index in [1.54, 1.807) is 36.5 Å². The molecule has 2 amide bonds. The molecule has 0 unspecified atom stereocenters. The normalized spacial score (nSPS) is 14.7. The minimum absolute atomic E-state index is 0.0721. The number of thiophene rings is 1. The van der Waals surface area contributed by atoms with Crippen molar-refractivity contribution in [2.45, 2.75) is 56.7 Å². The van der Waals surface area contributed by atoms with Crippen LogP contribution in [0.5, 0.6) is 0 Å². The summed E-state index contributed by atoms with van der Waals surface area (Å²) in [7, 11) is 0. The number of benzene rings is 3. The first-order valence-electron chi connectivity index (χ1n) is 14.4. The number of nitro groups is 1. The molecular weight excluding hydrogens is 593 g/mol. The summed E-state index contributed by atoms with van der Waals surface area (Å²) >= 11 is 2.74. The minimum Gasteiger partial charge on any atom is -0.325 e. The SMILES string of the molecule is CC(=O)Nc1ccccc1Sc1ccc(C=Nc2sc3c(c2C(=O)Nc2ccccc2)CC[C@@H](C(C)(C)C)C3)cc1[N+](=O)[O-].